The summed E-state index contributed by atoms with van der Waals surface area (Å²) in [4.78, 5) is 26.5. The molecule has 3 N–H and O–H groups in total. The number of nitrogens with zero attached hydrogens (tertiary/aromatic N) is 5. The van der Waals surface area contributed by atoms with E-state index in [0.29, 0.717) is 31.3 Å². The van der Waals surface area contributed by atoms with Crippen LogP contribution in [0.1, 0.15) is 11.8 Å². The first-order valence-electron chi connectivity index (χ1n) is 10.2. The number of amides is 1. The zero-order valence-electron chi connectivity index (χ0n) is 17.2. The lowest BCUT2D eigenvalue weighted by Gasteiger charge is -2.33. The molecule has 1 aliphatic heterocycles. The summed E-state index contributed by atoms with van der Waals surface area (Å²) in [5, 5.41) is 8.06. The summed E-state index contributed by atoms with van der Waals surface area (Å²) < 4.78 is 6.00. The van der Waals surface area contributed by atoms with Gasteiger partial charge in [0.1, 0.15) is 5.82 Å². The van der Waals surface area contributed by atoms with Gasteiger partial charge in [0.25, 0.3) is 0 Å². The van der Waals surface area contributed by atoms with Crippen LogP contribution in [0, 0.1) is 0 Å². The van der Waals surface area contributed by atoms with Crippen molar-refractivity contribution in [3.05, 3.63) is 35.3 Å². The van der Waals surface area contributed by atoms with Gasteiger partial charge in [0.15, 0.2) is 5.82 Å². The number of thiophene rings is 1. The summed E-state index contributed by atoms with van der Waals surface area (Å²) in [6, 6.07) is 8.00. The van der Waals surface area contributed by atoms with E-state index in [0.717, 1.165) is 46.3 Å². The summed E-state index contributed by atoms with van der Waals surface area (Å²) in [7, 11) is 0. The molecule has 1 amide bonds. The molecule has 9 nitrogen and oxygen atoms in total. The highest BCUT2D eigenvalue weighted by Crippen LogP contribution is 2.33. The molecule has 160 valence electrons. The number of nitrogens with two attached hydrogens (primary N) is 1. The van der Waals surface area contributed by atoms with Crippen LogP contribution < -0.4 is 5.73 Å². The minimum atomic E-state index is -0.229. The van der Waals surface area contributed by atoms with Crippen molar-refractivity contribution in [2.75, 3.05) is 38.5 Å². The Hall–Kier alpha value is -3.24. The summed E-state index contributed by atoms with van der Waals surface area (Å²) in [6.45, 7) is 5.98. The predicted octanol–water partition coefficient (Wildman–Crippen LogP) is 3.09. The van der Waals surface area contributed by atoms with E-state index in [1.54, 1.807) is 22.4 Å². The minimum Gasteiger partial charge on any atom is -0.450 e. The first-order chi connectivity index (χ1) is 15.1. The van der Waals surface area contributed by atoms with E-state index in [2.05, 4.69) is 26.1 Å². The van der Waals surface area contributed by atoms with Crippen LogP contribution >= 0.6 is 11.3 Å². The molecule has 4 heterocycles. The molecule has 1 aromatic carbocycles. The monoisotopic (exact) mass is 437 g/mol. The van der Waals surface area contributed by atoms with E-state index in [-0.39, 0.29) is 6.09 Å². The maximum absolute atomic E-state index is 11.9. The summed E-state index contributed by atoms with van der Waals surface area (Å²) >= 11 is 1.63. The Morgan fingerprint density at radius 2 is 2.10 bits per heavy atom. The largest absolute Gasteiger partial charge is 0.450 e. The Morgan fingerprint density at radius 1 is 1.26 bits per heavy atom. The number of benzene rings is 1. The van der Waals surface area contributed by atoms with Crippen molar-refractivity contribution >= 4 is 44.4 Å². The summed E-state index contributed by atoms with van der Waals surface area (Å²) in [5.41, 5.74) is 9.00. The third kappa shape index (κ3) is 3.79. The second-order valence-electron chi connectivity index (χ2n) is 7.46. The van der Waals surface area contributed by atoms with Gasteiger partial charge in [0, 0.05) is 48.6 Å². The highest BCUT2D eigenvalue weighted by Gasteiger charge is 2.22. The van der Waals surface area contributed by atoms with E-state index >= 15 is 0 Å². The zero-order valence-corrected chi connectivity index (χ0v) is 18.0. The standard InChI is InChI=1S/C21H23N7O2S/c1-2-30-21(29)28-8-6-27(7-9-28)12-13-10-17-18(31-13)19(22)25-20(24-17)14-4-3-5-16-15(14)11-23-26-16/h3-5,10-11H,2,6-9,12H2,1H3,(H,23,26)(H2,22,24,25). The Kier molecular flexibility index (Phi) is 5.16. The van der Waals surface area contributed by atoms with Crippen molar-refractivity contribution in [2.24, 2.45) is 0 Å². The van der Waals surface area contributed by atoms with Gasteiger partial charge in [0.05, 0.1) is 28.5 Å². The van der Waals surface area contributed by atoms with E-state index in [1.807, 2.05) is 25.1 Å². The fraction of sp³-hybridized carbons (Fsp3) is 0.333. The number of nitrogen functional groups attached to an aromatic ring is 1. The van der Waals surface area contributed by atoms with E-state index < -0.39 is 0 Å². The van der Waals surface area contributed by atoms with Crippen LogP contribution in [0.5, 0.6) is 0 Å². The van der Waals surface area contributed by atoms with Crippen LogP contribution in [0.2, 0.25) is 0 Å². The topological polar surface area (TPSA) is 113 Å². The molecule has 0 atom stereocenters. The molecule has 0 spiro atoms. The lowest BCUT2D eigenvalue weighted by atomic mass is 10.1. The number of nitrogens with one attached hydrogen (secondary N) is 1. The second-order valence-corrected chi connectivity index (χ2v) is 8.60. The van der Waals surface area contributed by atoms with Crippen LogP contribution in [-0.2, 0) is 11.3 Å². The molecule has 4 aromatic rings. The SMILES string of the molecule is CCOC(=O)N1CCN(Cc2cc3nc(-c4cccc5[nH]ncc45)nc(N)c3s2)CC1. The molecule has 5 rings (SSSR count). The van der Waals surface area contributed by atoms with Crippen LogP contribution in [0.15, 0.2) is 30.5 Å². The average Bonchev–Trinajstić information content (AvgIpc) is 3.41. The molecule has 0 radical (unpaired) electrons. The fourth-order valence-corrected chi connectivity index (χ4v) is 4.93. The van der Waals surface area contributed by atoms with Crippen molar-refractivity contribution < 1.29 is 9.53 Å². The molecule has 0 bridgehead atoms. The third-order valence-electron chi connectivity index (χ3n) is 5.45. The molecule has 1 aliphatic rings. The second kappa shape index (κ2) is 8.12. The summed E-state index contributed by atoms with van der Waals surface area (Å²) in [6.07, 6.45) is 1.55. The van der Waals surface area contributed by atoms with Gasteiger partial charge in [0.2, 0.25) is 0 Å². The normalized spacial score (nSPS) is 15.1. The highest BCUT2D eigenvalue weighted by atomic mass is 32.1. The number of aromatic amines is 1. The van der Waals surface area contributed by atoms with Gasteiger partial charge in [-0.2, -0.15) is 5.10 Å². The van der Waals surface area contributed by atoms with E-state index in [4.69, 9.17) is 15.5 Å². The smallest absolute Gasteiger partial charge is 0.409 e. The molecule has 0 saturated carbocycles. The van der Waals surface area contributed by atoms with Crippen molar-refractivity contribution in [3.63, 3.8) is 0 Å². The minimum absolute atomic E-state index is 0.229. The van der Waals surface area contributed by atoms with Gasteiger partial charge in [-0.15, -0.1) is 11.3 Å². The number of carbonyl (C=O) groups is 1. The average molecular weight is 438 g/mol. The molecule has 10 heteroatoms. The number of ether oxygens (including phenoxy) is 1. The van der Waals surface area contributed by atoms with Gasteiger partial charge in [-0.1, -0.05) is 12.1 Å². The zero-order chi connectivity index (χ0) is 21.4. The Bertz CT molecular complexity index is 1240. The number of aromatic nitrogens is 4. The van der Waals surface area contributed by atoms with Crippen LogP contribution in [-0.4, -0.2) is 68.8 Å². The fourth-order valence-electron chi connectivity index (χ4n) is 3.89. The lowest BCUT2D eigenvalue weighted by Crippen LogP contribution is -2.48. The van der Waals surface area contributed by atoms with Crippen LogP contribution in [0.4, 0.5) is 10.6 Å². The molecular weight excluding hydrogens is 414 g/mol. The number of hydrogen-bond donors (Lipinski definition) is 2. The number of H-pyrrole nitrogens is 1. The maximum Gasteiger partial charge on any atom is 0.409 e. The van der Waals surface area contributed by atoms with Gasteiger partial charge in [-0.25, -0.2) is 14.8 Å². The molecule has 0 aliphatic carbocycles. The van der Waals surface area contributed by atoms with Crippen molar-refractivity contribution in [3.8, 4) is 11.4 Å². The number of anilines is 1. The number of carbonyl (C=O) groups excluding carboxylic acids is 1. The third-order valence-corrected chi connectivity index (χ3v) is 6.58. The molecule has 3 aromatic heterocycles. The number of hydrogen-bond acceptors (Lipinski definition) is 8. The molecule has 1 saturated heterocycles. The first-order valence-corrected chi connectivity index (χ1v) is 11.1. The Labute approximate surface area is 182 Å². The lowest BCUT2D eigenvalue weighted by molar-refractivity contribution is 0.0781. The van der Waals surface area contributed by atoms with Gasteiger partial charge >= 0.3 is 6.09 Å². The van der Waals surface area contributed by atoms with Crippen molar-refractivity contribution in [2.45, 2.75) is 13.5 Å². The van der Waals surface area contributed by atoms with Crippen LogP contribution in [0.3, 0.4) is 0 Å². The van der Waals surface area contributed by atoms with Crippen molar-refractivity contribution in [1.82, 2.24) is 30.0 Å². The quantitative estimate of drug-likeness (QED) is 0.504. The van der Waals surface area contributed by atoms with Gasteiger partial charge < -0.3 is 15.4 Å². The van der Waals surface area contributed by atoms with E-state index in [9.17, 15) is 4.79 Å². The van der Waals surface area contributed by atoms with Gasteiger partial charge in [-0.05, 0) is 19.1 Å². The van der Waals surface area contributed by atoms with E-state index in [1.165, 1.54) is 4.88 Å². The number of fused-ring (bicyclic) bond motifs is 2. The molecule has 0 unspecified atom stereocenters. The maximum atomic E-state index is 11.9. The predicted molar refractivity (Wildman–Crippen MR) is 121 cm³/mol. The first kappa shape index (κ1) is 19.7. The van der Waals surface area contributed by atoms with Gasteiger partial charge in [-0.3, -0.25) is 10.00 Å². The number of piperazine rings is 1. The Morgan fingerprint density at radius 3 is 2.90 bits per heavy atom. The summed E-state index contributed by atoms with van der Waals surface area (Å²) in [5.74, 6) is 1.09. The highest BCUT2D eigenvalue weighted by molar-refractivity contribution is 7.19. The molecule has 31 heavy (non-hydrogen) atoms. The van der Waals surface area contributed by atoms with Crippen LogP contribution in [0.25, 0.3) is 32.5 Å². The van der Waals surface area contributed by atoms with Crippen molar-refractivity contribution in [1.29, 1.82) is 0 Å². The Balaban J connectivity index is 1.36. The molecular formula is C21H23N7O2S. The molecule has 1 fully saturated rings. The number of rotatable bonds is 4.